The Kier molecular flexibility index (Phi) is 5.62. The van der Waals surface area contributed by atoms with Crippen LogP contribution in [0, 0.1) is 0 Å². The van der Waals surface area contributed by atoms with Crippen molar-refractivity contribution in [3.05, 3.63) is 105 Å². The van der Waals surface area contributed by atoms with Crippen molar-refractivity contribution in [3.63, 3.8) is 0 Å². The van der Waals surface area contributed by atoms with Gasteiger partial charge in [-0.1, -0.05) is 48.5 Å². The van der Waals surface area contributed by atoms with E-state index in [1.807, 2.05) is 0 Å². The van der Waals surface area contributed by atoms with Gasteiger partial charge < -0.3 is 19.7 Å². The number of benzene rings is 4. The summed E-state index contributed by atoms with van der Waals surface area (Å²) in [6.07, 6.45) is -2.59. The second-order valence-electron chi connectivity index (χ2n) is 11.4. The van der Waals surface area contributed by atoms with E-state index in [4.69, 9.17) is 9.47 Å². The van der Waals surface area contributed by atoms with Crippen LogP contribution in [0.2, 0.25) is 0 Å². The van der Waals surface area contributed by atoms with Gasteiger partial charge >= 0.3 is 0 Å². The number of ether oxygens (including phenoxy) is 2. The van der Waals surface area contributed by atoms with E-state index in [2.05, 4.69) is 0 Å². The molecule has 9 nitrogen and oxygen atoms in total. The van der Waals surface area contributed by atoms with E-state index >= 15 is 0 Å². The summed E-state index contributed by atoms with van der Waals surface area (Å²) in [4.78, 5) is 67.7. The minimum atomic E-state index is -1.12. The summed E-state index contributed by atoms with van der Waals surface area (Å²) in [5.74, 6) is -3.00. The summed E-state index contributed by atoms with van der Waals surface area (Å²) in [6, 6.07) is 16.9. The number of hydrogen-bond acceptors (Lipinski definition) is 9. The molecule has 8 rings (SSSR count). The number of hydrogen-bond donors (Lipinski definition) is 2. The predicted molar refractivity (Wildman–Crippen MR) is 156 cm³/mol. The highest BCUT2D eigenvalue weighted by Crippen LogP contribution is 2.43. The van der Waals surface area contributed by atoms with Crippen molar-refractivity contribution in [2.24, 2.45) is 0 Å². The molecule has 2 aliphatic heterocycles. The molecule has 0 saturated carbocycles. The fraction of sp³-hybridized carbons (Fsp3) is 0.171. The zero-order valence-electron chi connectivity index (χ0n) is 23.0. The first kappa shape index (κ1) is 26.4. The van der Waals surface area contributed by atoms with E-state index in [9.17, 15) is 34.2 Å². The second-order valence-corrected chi connectivity index (χ2v) is 11.4. The maximum Gasteiger partial charge on any atom is 0.196 e. The lowest BCUT2D eigenvalue weighted by Gasteiger charge is -2.34. The lowest BCUT2D eigenvalue weighted by molar-refractivity contribution is -0.142. The van der Waals surface area contributed by atoms with Crippen LogP contribution < -0.4 is 0 Å². The maximum atomic E-state index is 13.7. The van der Waals surface area contributed by atoms with Gasteiger partial charge in [0, 0.05) is 57.0 Å². The molecule has 0 bridgehead atoms. The zero-order chi connectivity index (χ0) is 30.4. The summed E-state index contributed by atoms with van der Waals surface area (Å²) >= 11 is 0. The molecule has 2 unspecified atom stereocenters. The molecule has 0 saturated heterocycles. The van der Waals surface area contributed by atoms with Crippen LogP contribution in [0.25, 0.3) is 21.5 Å². The molecule has 2 N–H and O–H groups in total. The van der Waals surface area contributed by atoms with Crippen LogP contribution in [0.1, 0.15) is 54.3 Å². The first-order valence-electron chi connectivity index (χ1n) is 14.1. The average Bonchev–Trinajstić information content (AvgIpc) is 3.05. The Balaban J connectivity index is 1.08. The smallest absolute Gasteiger partial charge is 0.196 e. The van der Waals surface area contributed by atoms with Gasteiger partial charge in [-0.05, 0) is 22.9 Å². The molecule has 0 amide bonds. The molecule has 0 spiro atoms. The van der Waals surface area contributed by atoms with Gasteiger partial charge in [0.15, 0.2) is 28.9 Å². The number of Topliss-reactive ketones (excluding diaryl/α,β-unsaturated/α-hetero) is 5. The van der Waals surface area contributed by atoms with Gasteiger partial charge in [0.25, 0.3) is 0 Å². The van der Waals surface area contributed by atoms with Crippen molar-refractivity contribution in [1.82, 2.24) is 0 Å². The highest BCUT2D eigenvalue weighted by atomic mass is 16.5. The fourth-order valence-electron chi connectivity index (χ4n) is 6.82. The summed E-state index contributed by atoms with van der Waals surface area (Å²) < 4.78 is 11.6. The van der Waals surface area contributed by atoms with E-state index in [1.165, 1.54) is 0 Å². The molecule has 0 aromatic heterocycles. The molecule has 2 heterocycles. The molecule has 9 heteroatoms. The van der Waals surface area contributed by atoms with Gasteiger partial charge in [-0.3, -0.25) is 24.0 Å². The largest absolute Gasteiger partial charge is 0.507 e. The number of ketones is 5. The van der Waals surface area contributed by atoms with Crippen LogP contribution in [0.5, 0.6) is 11.5 Å². The van der Waals surface area contributed by atoms with Crippen molar-refractivity contribution in [3.8, 4) is 11.5 Å². The third-order valence-corrected chi connectivity index (χ3v) is 9.08. The lowest BCUT2D eigenvalue weighted by Crippen LogP contribution is -2.44. The number of phenolic OH excluding ortho intramolecular Hbond substituents is 2. The van der Waals surface area contributed by atoms with Crippen molar-refractivity contribution in [2.45, 2.75) is 25.0 Å². The summed E-state index contributed by atoms with van der Waals surface area (Å²) in [5.41, 5.74) is 0.498. The summed E-state index contributed by atoms with van der Waals surface area (Å²) in [5, 5.41) is 23.8. The van der Waals surface area contributed by atoms with E-state index in [0.29, 0.717) is 21.5 Å². The first-order valence-corrected chi connectivity index (χ1v) is 14.1. The molecule has 2 atom stereocenters. The molecule has 216 valence electrons. The Hall–Kier alpha value is -5.25. The highest BCUT2D eigenvalue weighted by Gasteiger charge is 2.45. The van der Waals surface area contributed by atoms with Crippen molar-refractivity contribution in [1.29, 1.82) is 0 Å². The third-order valence-electron chi connectivity index (χ3n) is 9.08. The Morgan fingerprint density at radius 3 is 1.43 bits per heavy atom. The van der Waals surface area contributed by atoms with Gasteiger partial charge in [-0.25, -0.2) is 0 Å². The van der Waals surface area contributed by atoms with Crippen LogP contribution in [0.3, 0.4) is 0 Å². The molecule has 0 radical (unpaired) electrons. The quantitative estimate of drug-likeness (QED) is 0.344. The van der Waals surface area contributed by atoms with Gasteiger partial charge in [0.2, 0.25) is 0 Å². The summed E-state index contributed by atoms with van der Waals surface area (Å²) in [6.45, 7) is -0.611. The normalized spacial score (nSPS) is 21.4. The number of fused-ring (bicyclic) bond motifs is 4. The molecule has 2 aliphatic carbocycles. The topological polar surface area (TPSA) is 144 Å². The van der Waals surface area contributed by atoms with E-state index in [1.54, 1.807) is 60.7 Å². The minimum absolute atomic E-state index is 0.0718. The Morgan fingerprint density at radius 2 is 1.00 bits per heavy atom. The summed E-state index contributed by atoms with van der Waals surface area (Å²) in [7, 11) is 0. The van der Waals surface area contributed by atoms with Crippen LogP contribution in [0.15, 0.2) is 83.0 Å². The lowest BCUT2D eigenvalue weighted by atomic mass is 9.77. The Labute approximate surface area is 249 Å². The monoisotopic (exact) mass is 586 g/mol. The molecule has 0 fully saturated rings. The molecule has 4 aromatic carbocycles. The van der Waals surface area contributed by atoms with E-state index in [0.717, 1.165) is 0 Å². The van der Waals surface area contributed by atoms with Gasteiger partial charge in [-0.2, -0.15) is 0 Å². The predicted octanol–water partition coefficient (Wildman–Crippen LogP) is 4.60. The molecule has 4 aromatic rings. The third kappa shape index (κ3) is 3.57. The SMILES string of the molecule is O=C1C2=C(COC(C(=O)C3CC4=C(CO3)C(=O)c3c(cc5ccccc5c3O)C4=O)C2)C(=O)c2c1cc1ccccc1c2O. The standard InChI is InChI=1S/C35H22O9/c36-29-19-11-25(43-13-23(19)33(40)27-21(29)9-15-5-1-3-7-17(15)31(27)38)35(42)26-12-20-24(14-44-26)34(41)28-22(30(20)37)10-16-6-2-4-8-18(16)32(28)39/h1-10,25-26,38-39H,11-14H2. The average molecular weight is 587 g/mol. The van der Waals surface area contributed by atoms with Crippen LogP contribution in [-0.4, -0.2) is 64.6 Å². The van der Waals surface area contributed by atoms with Gasteiger partial charge in [0.1, 0.15) is 23.7 Å². The molecule has 4 aliphatic rings. The minimum Gasteiger partial charge on any atom is -0.507 e. The first-order chi connectivity index (χ1) is 21.2. The fourth-order valence-corrected chi connectivity index (χ4v) is 6.82. The van der Waals surface area contributed by atoms with Crippen molar-refractivity contribution >= 4 is 50.5 Å². The Morgan fingerprint density at radius 1 is 0.591 bits per heavy atom. The van der Waals surface area contributed by atoms with Crippen LogP contribution >= 0.6 is 0 Å². The number of carbonyl (C=O) groups excluding carboxylic acids is 5. The number of phenols is 2. The molecule has 44 heavy (non-hydrogen) atoms. The second kappa shape index (κ2) is 9.37. The van der Waals surface area contributed by atoms with Crippen molar-refractivity contribution in [2.75, 3.05) is 13.2 Å². The number of carbonyl (C=O) groups is 5. The zero-order valence-corrected chi connectivity index (χ0v) is 23.0. The number of aromatic hydroxyl groups is 2. The molecular weight excluding hydrogens is 564 g/mol. The van der Waals surface area contributed by atoms with E-state index < -0.39 is 41.1 Å². The van der Waals surface area contributed by atoms with E-state index in [-0.39, 0.29) is 82.1 Å². The van der Waals surface area contributed by atoms with Crippen LogP contribution in [-0.2, 0) is 14.3 Å². The number of rotatable bonds is 2. The molecular formula is C35H22O9. The van der Waals surface area contributed by atoms with Crippen molar-refractivity contribution < 1.29 is 43.7 Å². The highest BCUT2D eigenvalue weighted by molar-refractivity contribution is 6.31. The maximum absolute atomic E-state index is 13.7. The van der Waals surface area contributed by atoms with Gasteiger partial charge in [0.05, 0.1) is 24.3 Å². The van der Waals surface area contributed by atoms with Gasteiger partial charge in [-0.15, -0.1) is 0 Å². The Bertz CT molecular complexity index is 2000. The van der Waals surface area contributed by atoms with Crippen LogP contribution in [0.4, 0.5) is 0 Å².